The highest BCUT2D eigenvalue weighted by Crippen LogP contribution is 2.68. The minimum absolute atomic E-state index is 0.0479. The summed E-state index contributed by atoms with van der Waals surface area (Å²) in [6, 6.07) is 0. The highest BCUT2D eigenvalue weighted by Gasteiger charge is 2.67. The van der Waals surface area contributed by atoms with E-state index >= 15 is 0 Å². The molecule has 33 heavy (non-hydrogen) atoms. The number of ether oxygens (including phenoxy) is 2. The largest absolute Gasteiger partial charge is 0.458 e. The molecule has 0 aromatic heterocycles. The molecule has 4 rings (SSSR count). The fraction of sp³-hybridized carbons (Fsp3) is 0.741. The van der Waals surface area contributed by atoms with Crippen molar-refractivity contribution >= 4 is 29.3 Å². The zero-order valence-corrected chi connectivity index (χ0v) is 21.3. The smallest absolute Gasteiger partial charge is 0.306 e. The van der Waals surface area contributed by atoms with Crippen molar-refractivity contribution < 1.29 is 23.9 Å². The second-order valence-corrected chi connectivity index (χ2v) is 11.5. The quantitative estimate of drug-likeness (QED) is 0.462. The first-order valence-corrected chi connectivity index (χ1v) is 12.9. The van der Waals surface area contributed by atoms with Crippen LogP contribution in [0.4, 0.5) is 0 Å². The Labute approximate surface area is 202 Å². The van der Waals surface area contributed by atoms with Crippen molar-refractivity contribution in [1.82, 2.24) is 0 Å². The van der Waals surface area contributed by atoms with Gasteiger partial charge in [0.15, 0.2) is 11.4 Å². The van der Waals surface area contributed by atoms with Crippen molar-refractivity contribution in [3.8, 4) is 0 Å². The van der Waals surface area contributed by atoms with Gasteiger partial charge in [0.25, 0.3) is 0 Å². The van der Waals surface area contributed by atoms with E-state index in [4.69, 9.17) is 21.1 Å². The summed E-state index contributed by atoms with van der Waals surface area (Å²) in [5.74, 6) is 0.271. The molecule has 0 bridgehead atoms. The van der Waals surface area contributed by atoms with Crippen LogP contribution < -0.4 is 0 Å². The Morgan fingerprint density at radius 1 is 1.03 bits per heavy atom. The van der Waals surface area contributed by atoms with E-state index in [0.717, 1.165) is 49.1 Å². The second-order valence-electron chi connectivity index (χ2n) is 11.1. The fourth-order valence-corrected chi connectivity index (χ4v) is 8.22. The average molecular weight is 477 g/mol. The second kappa shape index (κ2) is 8.55. The van der Waals surface area contributed by atoms with Gasteiger partial charge in [0.05, 0.1) is 0 Å². The maximum atomic E-state index is 12.9. The molecule has 0 N–H and O–H groups in total. The van der Waals surface area contributed by atoms with Gasteiger partial charge >= 0.3 is 11.9 Å². The number of ketones is 1. The molecule has 0 amide bonds. The van der Waals surface area contributed by atoms with Gasteiger partial charge in [-0.25, -0.2) is 0 Å². The third kappa shape index (κ3) is 3.69. The van der Waals surface area contributed by atoms with Crippen LogP contribution in [-0.2, 0) is 23.9 Å². The molecule has 5 nitrogen and oxygen atoms in total. The minimum atomic E-state index is -1.04. The van der Waals surface area contributed by atoms with Gasteiger partial charge < -0.3 is 9.47 Å². The van der Waals surface area contributed by atoms with E-state index in [-0.39, 0.29) is 41.1 Å². The molecule has 0 aromatic rings. The molecular formula is C27H37ClO5. The van der Waals surface area contributed by atoms with Crippen molar-refractivity contribution in [2.75, 3.05) is 0 Å². The Bertz CT molecular complexity index is 921. The Balaban J connectivity index is 1.68. The van der Waals surface area contributed by atoms with Crippen LogP contribution in [0.5, 0.6) is 0 Å². The Hall–Kier alpha value is -1.62. The van der Waals surface area contributed by atoms with Gasteiger partial charge in [0, 0.05) is 23.8 Å². The zero-order valence-electron chi connectivity index (χ0n) is 20.5. The summed E-state index contributed by atoms with van der Waals surface area (Å²) in [7, 11) is 0. The zero-order chi connectivity index (χ0) is 24.2. The molecular weight excluding hydrogens is 440 g/mol. The summed E-state index contributed by atoms with van der Waals surface area (Å²) in [4.78, 5) is 36.9. The molecule has 182 valence electrons. The Kier molecular flexibility index (Phi) is 6.35. The molecule has 0 radical (unpaired) electrons. The number of hydrogen-bond donors (Lipinski definition) is 0. The van der Waals surface area contributed by atoms with Crippen LogP contribution in [0.3, 0.4) is 0 Å². The van der Waals surface area contributed by atoms with Gasteiger partial charge in [0.1, 0.15) is 6.10 Å². The van der Waals surface area contributed by atoms with Crippen molar-refractivity contribution in [2.45, 2.75) is 97.7 Å². The van der Waals surface area contributed by atoms with Crippen LogP contribution in [-0.4, -0.2) is 29.4 Å². The Morgan fingerprint density at radius 2 is 1.73 bits per heavy atom. The summed E-state index contributed by atoms with van der Waals surface area (Å²) in [5, 5.41) is 0.743. The number of carbonyl (C=O) groups is 3. The minimum Gasteiger partial charge on any atom is -0.458 e. The van der Waals surface area contributed by atoms with E-state index in [2.05, 4.69) is 26.0 Å². The summed E-state index contributed by atoms with van der Waals surface area (Å²) in [6.45, 7) is 9.38. The van der Waals surface area contributed by atoms with Crippen molar-refractivity contribution in [3.05, 3.63) is 22.8 Å². The lowest BCUT2D eigenvalue weighted by atomic mass is 9.48. The van der Waals surface area contributed by atoms with Crippen LogP contribution >= 0.6 is 11.6 Å². The summed E-state index contributed by atoms with van der Waals surface area (Å²) in [5.41, 5.74) is -0.430. The molecule has 0 heterocycles. The van der Waals surface area contributed by atoms with Crippen LogP contribution in [0.15, 0.2) is 22.8 Å². The number of carbonyl (C=O) groups excluding carboxylic acids is 3. The lowest BCUT2D eigenvalue weighted by molar-refractivity contribution is -0.185. The SMILES string of the molecule is CCCC(=O)O[C@@H]1C=C2C(Cl)=C[C@H]3[C@H]4CC[C@](OC(C)=O)(C(C)=O)[C@]4(C)CC[C@@H]3[C@@]2(C)CC1. The maximum Gasteiger partial charge on any atom is 0.306 e. The molecule has 4 aliphatic carbocycles. The topological polar surface area (TPSA) is 69.7 Å². The van der Waals surface area contributed by atoms with Crippen LogP contribution in [0.1, 0.15) is 86.0 Å². The van der Waals surface area contributed by atoms with Crippen LogP contribution in [0.25, 0.3) is 0 Å². The first-order valence-electron chi connectivity index (χ1n) is 12.5. The molecule has 0 saturated heterocycles. The van der Waals surface area contributed by atoms with Crippen LogP contribution in [0, 0.1) is 28.6 Å². The standard InChI is InChI=1S/C27H37ClO5/c1-6-7-24(31)32-18-8-11-25(4)20-9-12-26(5)21(19(20)15-23(28)22(25)14-18)10-13-27(26,16(2)29)33-17(3)30/h14-15,18-21H,6-13H2,1-5H3/t18-,19+,20-,21+,25+,26+,27-/m0/s1. The van der Waals surface area contributed by atoms with Crippen molar-refractivity contribution in [2.24, 2.45) is 28.6 Å². The summed E-state index contributed by atoms with van der Waals surface area (Å²) < 4.78 is 11.5. The van der Waals surface area contributed by atoms with E-state index in [9.17, 15) is 14.4 Å². The van der Waals surface area contributed by atoms with Gasteiger partial charge in [-0.15, -0.1) is 0 Å². The lowest BCUT2D eigenvalue weighted by Gasteiger charge is -2.58. The van der Waals surface area contributed by atoms with Gasteiger partial charge in [-0.2, -0.15) is 0 Å². The third-order valence-corrected chi connectivity index (χ3v) is 9.74. The maximum absolute atomic E-state index is 12.9. The summed E-state index contributed by atoms with van der Waals surface area (Å²) in [6.07, 6.45) is 10.2. The molecule has 6 heteroatoms. The third-order valence-electron chi connectivity index (χ3n) is 9.41. The predicted molar refractivity (Wildman–Crippen MR) is 126 cm³/mol. The van der Waals surface area contributed by atoms with E-state index in [1.54, 1.807) is 6.92 Å². The van der Waals surface area contributed by atoms with Gasteiger partial charge in [-0.1, -0.05) is 38.4 Å². The van der Waals surface area contributed by atoms with E-state index in [0.29, 0.717) is 18.8 Å². The number of allylic oxidation sites excluding steroid dienone is 3. The average Bonchev–Trinajstić information content (AvgIpc) is 3.02. The molecule has 2 saturated carbocycles. The molecule has 2 fully saturated rings. The fourth-order valence-electron chi connectivity index (χ4n) is 7.79. The van der Waals surface area contributed by atoms with Crippen LogP contribution in [0.2, 0.25) is 0 Å². The first-order chi connectivity index (χ1) is 15.5. The van der Waals surface area contributed by atoms with E-state index in [1.165, 1.54) is 6.92 Å². The number of esters is 2. The molecule has 0 spiro atoms. The van der Waals surface area contributed by atoms with Gasteiger partial charge in [-0.3, -0.25) is 14.4 Å². The van der Waals surface area contributed by atoms with Gasteiger partial charge in [-0.05, 0) is 86.7 Å². The number of halogens is 1. The van der Waals surface area contributed by atoms with Gasteiger partial charge in [0.2, 0.25) is 0 Å². The molecule has 7 atom stereocenters. The molecule has 4 aliphatic rings. The summed E-state index contributed by atoms with van der Waals surface area (Å²) >= 11 is 6.92. The Morgan fingerprint density at radius 3 is 2.36 bits per heavy atom. The molecule has 0 unspecified atom stereocenters. The number of hydrogen-bond acceptors (Lipinski definition) is 5. The highest BCUT2D eigenvalue weighted by atomic mass is 35.5. The van der Waals surface area contributed by atoms with Crippen molar-refractivity contribution in [1.29, 1.82) is 0 Å². The number of Topliss-reactive ketones (excluding diaryl/α,β-unsaturated/α-hetero) is 1. The highest BCUT2D eigenvalue weighted by molar-refractivity contribution is 6.32. The first kappa shape index (κ1) is 24.5. The molecule has 0 aromatic carbocycles. The predicted octanol–water partition coefficient (Wildman–Crippen LogP) is 5.89. The van der Waals surface area contributed by atoms with E-state index in [1.807, 2.05) is 6.92 Å². The monoisotopic (exact) mass is 476 g/mol. The van der Waals surface area contributed by atoms with E-state index < -0.39 is 11.0 Å². The molecule has 0 aliphatic heterocycles. The normalized spacial score (nSPS) is 41.6. The van der Waals surface area contributed by atoms with Crippen molar-refractivity contribution in [3.63, 3.8) is 0 Å². The number of fused-ring (bicyclic) bond motifs is 5. The number of rotatable bonds is 5. The lowest BCUT2D eigenvalue weighted by Crippen LogP contribution is -2.58.